The summed E-state index contributed by atoms with van der Waals surface area (Å²) in [7, 11) is 0. The molecule has 0 fully saturated rings. The van der Waals surface area contributed by atoms with Crippen LogP contribution in [0.25, 0.3) is 5.52 Å². The number of carbonyl (C=O) groups is 1. The predicted molar refractivity (Wildman–Crippen MR) is 61.4 cm³/mol. The number of pyridine rings is 2. The quantitative estimate of drug-likeness (QED) is 0.742. The summed E-state index contributed by atoms with van der Waals surface area (Å²) in [6.45, 7) is 1.49. The van der Waals surface area contributed by atoms with E-state index in [-0.39, 0.29) is 11.3 Å². The average molecular weight is 266 g/mol. The Morgan fingerprint density at radius 1 is 1.40 bits per heavy atom. The van der Waals surface area contributed by atoms with Crippen LogP contribution in [0.15, 0.2) is 39.7 Å². The number of fused-ring (bicyclic) bond motifs is 1. The van der Waals surface area contributed by atoms with E-state index in [1.807, 2.05) is 0 Å². The average Bonchev–Trinajstić information content (AvgIpc) is 2.23. The van der Waals surface area contributed by atoms with Crippen LogP contribution in [0.5, 0.6) is 0 Å². The monoisotopic (exact) mass is 265 g/mol. The van der Waals surface area contributed by atoms with Gasteiger partial charge in [-0.2, -0.15) is 0 Å². The summed E-state index contributed by atoms with van der Waals surface area (Å²) in [6, 6.07) is 6.88. The molecule has 0 amide bonds. The van der Waals surface area contributed by atoms with Crippen molar-refractivity contribution < 1.29 is 4.79 Å². The van der Waals surface area contributed by atoms with Gasteiger partial charge in [0.05, 0.1) is 9.99 Å². The van der Waals surface area contributed by atoms with Gasteiger partial charge in [-0.05, 0) is 41.1 Å². The number of rotatable bonds is 1. The highest BCUT2D eigenvalue weighted by Gasteiger charge is 2.09. The van der Waals surface area contributed by atoms with Crippen molar-refractivity contribution in [2.45, 2.75) is 6.92 Å². The molecule has 0 N–H and O–H groups in total. The minimum absolute atomic E-state index is 0.0561. The number of Topliss-reactive ketones (excluding diaryl/α,β-unsaturated/α-hetero) is 1. The second-order valence-corrected chi connectivity index (χ2v) is 4.08. The van der Waals surface area contributed by atoms with Crippen LogP contribution in [0.4, 0.5) is 0 Å². The number of aromatic nitrogens is 1. The first kappa shape index (κ1) is 10.1. The number of halogens is 1. The highest BCUT2D eigenvalue weighted by atomic mass is 79.9. The predicted octanol–water partition coefficient (Wildman–Crippen LogP) is 2.26. The van der Waals surface area contributed by atoms with Crippen molar-refractivity contribution >= 4 is 27.2 Å². The second-order valence-electron chi connectivity index (χ2n) is 3.22. The van der Waals surface area contributed by atoms with Crippen LogP contribution in [0.3, 0.4) is 0 Å². The molecule has 0 saturated heterocycles. The first-order valence-electron chi connectivity index (χ1n) is 4.42. The first-order chi connectivity index (χ1) is 7.11. The van der Waals surface area contributed by atoms with Gasteiger partial charge in [-0.1, -0.05) is 6.07 Å². The summed E-state index contributed by atoms with van der Waals surface area (Å²) < 4.78 is 1.86. The smallest absolute Gasteiger partial charge is 0.269 e. The van der Waals surface area contributed by atoms with Crippen molar-refractivity contribution in [1.29, 1.82) is 0 Å². The maximum atomic E-state index is 11.7. The lowest BCUT2D eigenvalue weighted by atomic mass is 10.1. The highest BCUT2D eigenvalue weighted by Crippen LogP contribution is 2.14. The standard InChI is InChI=1S/C11H8BrNO2/c1-7(14)8-6-9(12)11(15)13-5-3-2-4-10(8)13/h2-6H,1H3. The van der Waals surface area contributed by atoms with Crippen LogP contribution in [-0.4, -0.2) is 10.2 Å². The highest BCUT2D eigenvalue weighted by molar-refractivity contribution is 9.10. The Balaban J connectivity index is 3.01. The molecular formula is C11H8BrNO2. The van der Waals surface area contributed by atoms with E-state index in [4.69, 9.17) is 0 Å². The van der Waals surface area contributed by atoms with Crippen LogP contribution in [0.1, 0.15) is 17.3 Å². The van der Waals surface area contributed by atoms with E-state index in [9.17, 15) is 9.59 Å². The molecule has 76 valence electrons. The van der Waals surface area contributed by atoms with Crippen molar-refractivity contribution in [1.82, 2.24) is 4.40 Å². The molecule has 0 spiro atoms. The minimum Gasteiger partial charge on any atom is -0.294 e. The van der Waals surface area contributed by atoms with E-state index >= 15 is 0 Å². The van der Waals surface area contributed by atoms with Crippen molar-refractivity contribution in [2.24, 2.45) is 0 Å². The van der Waals surface area contributed by atoms with Gasteiger partial charge in [0.2, 0.25) is 0 Å². The van der Waals surface area contributed by atoms with Crippen LogP contribution in [0.2, 0.25) is 0 Å². The zero-order chi connectivity index (χ0) is 11.0. The van der Waals surface area contributed by atoms with Crippen LogP contribution >= 0.6 is 15.9 Å². The fourth-order valence-electron chi connectivity index (χ4n) is 1.50. The van der Waals surface area contributed by atoms with Gasteiger partial charge in [0.1, 0.15) is 0 Å². The summed E-state index contributed by atoms with van der Waals surface area (Å²) in [5, 5.41) is 0. The third kappa shape index (κ3) is 1.61. The van der Waals surface area contributed by atoms with Crippen LogP contribution in [-0.2, 0) is 0 Å². The maximum absolute atomic E-state index is 11.7. The summed E-state index contributed by atoms with van der Waals surface area (Å²) in [6.07, 6.45) is 1.65. The van der Waals surface area contributed by atoms with Crippen molar-refractivity contribution in [2.75, 3.05) is 0 Å². The molecule has 4 heteroatoms. The molecule has 2 heterocycles. The molecule has 0 aliphatic heterocycles. The molecule has 0 aliphatic rings. The van der Waals surface area contributed by atoms with E-state index in [2.05, 4.69) is 15.9 Å². The van der Waals surface area contributed by atoms with Gasteiger partial charge in [-0.25, -0.2) is 0 Å². The van der Waals surface area contributed by atoms with E-state index in [1.165, 1.54) is 11.3 Å². The molecule has 0 radical (unpaired) electrons. The third-order valence-electron chi connectivity index (χ3n) is 2.21. The Morgan fingerprint density at radius 3 is 2.80 bits per heavy atom. The second kappa shape index (κ2) is 3.62. The van der Waals surface area contributed by atoms with Gasteiger partial charge < -0.3 is 0 Å². The normalized spacial score (nSPS) is 10.5. The lowest BCUT2D eigenvalue weighted by molar-refractivity contribution is 0.101. The lowest BCUT2D eigenvalue weighted by Gasteiger charge is -2.05. The van der Waals surface area contributed by atoms with Crippen LogP contribution in [0, 0.1) is 0 Å². The third-order valence-corrected chi connectivity index (χ3v) is 2.78. The Bertz CT molecular complexity index is 601. The van der Waals surface area contributed by atoms with Crippen molar-refractivity contribution in [3.05, 3.63) is 50.9 Å². The molecule has 2 aromatic heterocycles. The molecular weight excluding hydrogens is 258 g/mol. The number of hydrogen-bond acceptors (Lipinski definition) is 2. The van der Waals surface area contributed by atoms with Gasteiger partial charge >= 0.3 is 0 Å². The van der Waals surface area contributed by atoms with Crippen molar-refractivity contribution in [3.8, 4) is 0 Å². The largest absolute Gasteiger partial charge is 0.294 e. The fourth-order valence-corrected chi connectivity index (χ4v) is 1.92. The number of carbonyl (C=O) groups excluding carboxylic acids is 1. The minimum atomic E-state index is -0.157. The number of ketones is 1. The molecule has 0 atom stereocenters. The molecule has 3 nitrogen and oxygen atoms in total. The Labute approximate surface area is 94.5 Å². The molecule has 0 aliphatic carbocycles. The molecule has 0 saturated carbocycles. The Hall–Kier alpha value is -1.42. The van der Waals surface area contributed by atoms with Gasteiger partial charge in [-0.15, -0.1) is 0 Å². The van der Waals surface area contributed by atoms with Crippen LogP contribution < -0.4 is 5.56 Å². The zero-order valence-electron chi connectivity index (χ0n) is 8.03. The molecule has 0 aromatic carbocycles. The van der Waals surface area contributed by atoms with Gasteiger partial charge in [0, 0.05) is 11.8 Å². The number of nitrogens with zero attached hydrogens (tertiary/aromatic N) is 1. The van der Waals surface area contributed by atoms with Gasteiger partial charge in [0.25, 0.3) is 5.56 Å². The Morgan fingerprint density at radius 2 is 2.13 bits per heavy atom. The number of hydrogen-bond donors (Lipinski definition) is 0. The topological polar surface area (TPSA) is 38.5 Å². The van der Waals surface area contributed by atoms with Gasteiger partial charge in [-0.3, -0.25) is 14.0 Å². The summed E-state index contributed by atoms with van der Waals surface area (Å²) in [5.74, 6) is -0.0561. The molecule has 2 aromatic rings. The maximum Gasteiger partial charge on any atom is 0.269 e. The summed E-state index contributed by atoms with van der Waals surface area (Å²) in [4.78, 5) is 23.1. The summed E-state index contributed by atoms with van der Waals surface area (Å²) in [5.41, 5.74) is 1.02. The van der Waals surface area contributed by atoms with E-state index in [1.54, 1.807) is 30.5 Å². The van der Waals surface area contributed by atoms with Gasteiger partial charge in [0.15, 0.2) is 5.78 Å². The molecule has 0 unspecified atom stereocenters. The molecule has 15 heavy (non-hydrogen) atoms. The zero-order valence-corrected chi connectivity index (χ0v) is 9.61. The lowest BCUT2D eigenvalue weighted by Crippen LogP contribution is -2.16. The SMILES string of the molecule is CC(=O)c1cc(Br)c(=O)n2ccccc12. The van der Waals surface area contributed by atoms with E-state index < -0.39 is 0 Å². The molecule has 2 rings (SSSR count). The van der Waals surface area contributed by atoms with E-state index in [0.29, 0.717) is 15.6 Å². The summed E-state index contributed by atoms with van der Waals surface area (Å²) >= 11 is 3.15. The fraction of sp³-hybridized carbons (Fsp3) is 0.0909. The first-order valence-corrected chi connectivity index (χ1v) is 5.21. The van der Waals surface area contributed by atoms with E-state index in [0.717, 1.165) is 0 Å². The molecule has 0 bridgehead atoms. The van der Waals surface area contributed by atoms with Crippen molar-refractivity contribution in [3.63, 3.8) is 0 Å². The Kier molecular flexibility index (Phi) is 2.44.